The van der Waals surface area contributed by atoms with Crippen LogP contribution in [0.25, 0.3) is 0 Å². The maximum Gasteiger partial charge on any atom is 0.327 e. The molecule has 2 heterocycles. The van der Waals surface area contributed by atoms with E-state index >= 15 is 0 Å². The van der Waals surface area contributed by atoms with E-state index in [9.17, 15) is 18.0 Å². The van der Waals surface area contributed by atoms with Crippen molar-refractivity contribution < 1.29 is 18.0 Å². The molecule has 0 saturated carbocycles. The maximum atomic E-state index is 13.0. The van der Waals surface area contributed by atoms with Gasteiger partial charge in [-0.3, -0.25) is 9.69 Å². The molecule has 1 aromatic carbocycles. The predicted octanol–water partition coefficient (Wildman–Crippen LogP) is 2.03. The number of carbonyl (C=O) groups is 2. The largest absolute Gasteiger partial charge is 0.327 e. The van der Waals surface area contributed by atoms with E-state index in [0.717, 1.165) is 10.5 Å². The molecule has 2 fully saturated rings. The van der Waals surface area contributed by atoms with Gasteiger partial charge in [0.15, 0.2) is 0 Å². The van der Waals surface area contributed by atoms with Crippen molar-refractivity contribution in [3.8, 4) is 0 Å². The summed E-state index contributed by atoms with van der Waals surface area (Å²) >= 11 is 0. The van der Waals surface area contributed by atoms with Crippen molar-refractivity contribution in [2.75, 3.05) is 27.2 Å². The Morgan fingerprint density at radius 1 is 0.963 bits per heavy atom. The van der Waals surface area contributed by atoms with Gasteiger partial charge >= 0.3 is 6.03 Å². The van der Waals surface area contributed by atoms with Gasteiger partial charge in [0.2, 0.25) is 10.0 Å². The molecule has 2 aliphatic rings. The molecule has 0 N–H and O–H groups in total. The van der Waals surface area contributed by atoms with Crippen LogP contribution < -0.4 is 0 Å². The molecule has 148 valence electrons. The first kappa shape index (κ1) is 19.8. The first-order valence-corrected chi connectivity index (χ1v) is 10.5. The molecule has 1 spiro atoms. The highest BCUT2D eigenvalue weighted by Crippen LogP contribution is 2.37. The average molecular weight is 394 g/mol. The predicted molar refractivity (Wildman–Crippen MR) is 102 cm³/mol. The summed E-state index contributed by atoms with van der Waals surface area (Å²) < 4.78 is 27.4. The molecule has 27 heavy (non-hydrogen) atoms. The number of nitrogens with zero attached hydrogens (tertiary/aromatic N) is 3. The molecule has 0 aliphatic carbocycles. The number of hydrogen-bond acceptors (Lipinski definition) is 4. The second-order valence-corrected chi connectivity index (χ2v) is 10.4. The zero-order chi connectivity index (χ0) is 20.2. The van der Waals surface area contributed by atoms with E-state index in [1.807, 2.05) is 12.1 Å². The third-order valence-electron chi connectivity index (χ3n) is 5.83. The molecule has 2 saturated heterocycles. The van der Waals surface area contributed by atoms with Crippen molar-refractivity contribution in [3.63, 3.8) is 0 Å². The van der Waals surface area contributed by atoms with E-state index in [4.69, 9.17) is 0 Å². The summed E-state index contributed by atoms with van der Waals surface area (Å²) in [4.78, 5) is 27.5. The lowest BCUT2D eigenvalue weighted by atomic mass is 9.87. The fourth-order valence-corrected chi connectivity index (χ4v) is 5.31. The molecule has 7 nitrogen and oxygen atoms in total. The van der Waals surface area contributed by atoms with Gasteiger partial charge in [0.1, 0.15) is 5.54 Å². The number of urea groups is 1. The maximum absolute atomic E-state index is 13.0. The van der Waals surface area contributed by atoms with Crippen molar-refractivity contribution in [2.45, 2.75) is 49.5 Å². The number of carbonyl (C=O) groups excluding carboxylic acids is 2. The summed E-state index contributed by atoms with van der Waals surface area (Å²) in [5.74, 6) is -0.249. The molecular weight excluding hydrogens is 366 g/mol. The minimum absolute atomic E-state index is 0.0498. The molecule has 2 aliphatic heterocycles. The van der Waals surface area contributed by atoms with Gasteiger partial charge in [0, 0.05) is 27.2 Å². The van der Waals surface area contributed by atoms with Crippen molar-refractivity contribution in [1.29, 1.82) is 0 Å². The van der Waals surface area contributed by atoms with E-state index in [1.54, 1.807) is 19.2 Å². The monoisotopic (exact) mass is 393 g/mol. The Morgan fingerprint density at radius 2 is 1.48 bits per heavy atom. The average Bonchev–Trinajstić information content (AvgIpc) is 2.78. The fraction of sp³-hybridized carbons (Fsp3) is 0.579. The van der Waals surface area contributed by atoms with Crippen LogP contribution in [0.15, 0.2) is 29.2 Å². The molecule has 0 radical (unpaired) electrons. The molecule has 8 heteroatoms. The summed E-state index contributed by atoms with van der Waals surface area (Å²) in [6.07, 6.45) is 0.607. The Morgan fingerprint density at radius 3 is 1.89 bits per heavy atom. The van der Waals surface area contributed by atoms with Gasteiger partial charge in [-0.15, -0.1) is 0 Å². The summed E-state index contributed by atoms with van der Waals surface area (Å²) in [6.45, 7) is 6.65. The zero-order valence-electron chi connectivity index (χ0n) is 16.5. The Hall–Kier alpha value is -1.93. The van der Waals surface area contributed by atoms with Gasteiger partial charge < -0.3 is 4.90 Å². The van der Waals surface area contributed by atoms with Gasteiger partial charge in [0.25, 0.3) is 5.91 Å². The molecule has 0 aromatic heterocycles. The van der Waals surface area contributed by atoms with E-state index in [1.165, 1.54) is 16.3 Å². The second kappa shape index (κ2) is 6.31. The third-order valence-corrected chi connectivity index (χ3v) is 7.74. The first-order valence-electron chi connectivity index (χ1n) is 9.08. The highest BCUT2D eigenvalue weighted by molar-refractivity contribution is 7.89. The Labute approximate surface area is 161 Å². The van der Waals surface area contributed by atoms with Gasteiger partial charge in [-0.25, -0.2) is 13.2 Å². The van der Waals surface area contributed by atoms with Crippen LogP contribution in [-0.4, -0.2) is 67.2 Å². The van der Waals surface area contributed by atoms with E-state index in [-0.39, 0.29) is 35.3 Å². The van der Waals surface area contributed by atoms with E-state index in [0.29, 0.717) is 12.8 Å². The highest BCUT2D eigenvalue weighted by atomic mass is 32.2. The Bertz CT molecular complexity index is 863. The van der Waals surface area contributed by atoms with Crippen LogP contribution >= 0.6 is 0 Å². The quantitative estimate of drug-likeness (QED) is 0.721. The summed E-state index contributed by atoms with van der Waals surface area (Å²) in [6, 6.07) is 6.64. The second-order valence-electron chi connectivity index (χ2n) is 8.42. The smallest absolute Gasteiger partial charge is 0.312 e. The lowest BCUT2D eigenvalue weighted by Gasteiger charge is -2.40. The third kappa shape index (κ3) is 3.04. The summed E-state index contributed by atoms with van der Waals surface area (Å²) in [5.41, 5.74) is 0.0958. The number of hydrogen-bond donors (Lipinski definition) is 0. The minimum Gasteiger partial charge on any atom is -0.312 e. The normalized spacial score (nSPS) is 21.4. The van der Waals surface area contributed by atoms with Crippen LogP contribution in [0.3, 0.4) is 0 Å². The zero-order valence-corrected chi connectivity index (χ0v) is 17.3. The van der Waals surface area contributed by atoms with Crippen molar-refractivity contribution in [2.24, 2.45) is 0 Å². The van der Waals surface area contributed by atoms with Crippen molar-refractivity contribution in [1.82, 2.24) is 14.1 Å². The van der Waals surface area contributed by atoms with Gasteiger partial charge in [-0.1, -0.05) is 32.9 Å². The molecule has 3 rings (SSSR count). The first-order chi connectivity index (χ1) is 12.4. The number of rotatable bonds is 2. The molecule has 3 amide bonds. The van der Waals surface area contributed by atoms with Gasteiger partial charge in [-0.2, -0.15) is 4.31 Å². The lowest BCUT2D eigenvalue weighted by Crippen LogP contribution is -2.56. The van der Waals surface area contributed by atoms with Gasteiger partial charge in [0.05, 0.1) is 4.90 Å². The standard InChI is InChI=1S/C19H27N3O4S/c1-18(2,3)14-6-8-15(9-7-14)27(25,26)22-12-10-19(11-13-22)16(23)20(4)17(24)21(19)5/h6-9H,10-13H2,1-5H3. The lowest BCUT2D eigenvalue weighted by molar-refractivity contribution is -0.133. The number of sulfonamides is 1. The SMILES string of the molecule is CN1C(=O)N(C)C2(CCN(S(=O)(=O)c3ccc(C(C)(C)C)cc3)CC2)C1=O. The van der Waals surface area contributed by atoms with Crippen LogP contribution in [0.4, 0.5) is 4.79 Å². The Kier molecular flexibility index (Phi) is 4.63. The van der Waals surface area contributed by atoms with Crippen LogP contribution in [0.2, 0.25) is 0 Å². The number of amides is 3. The van der Waals surface area contributed by atoms with Crippen molar-refractivity contribution >= 4 is 22.0 Å². The topological polar surface area (TPSA) is 78.0 Å². The van der Waals surface area contributed by atoms with E-state index < -0.39 is 15.6 Å². The number of likely N-dealkylation sites (N-methyl/N-ethyl adjacent to an activating group) is 2. The summed E-state index contributed by atoms with van der Waals surface area (Å²) in [7, 11) is -0.549. The van der Waals surface area contributed by atoms with E-state index in [2.05, 4.69) is 20.8 Å². The highest BCUT2D eigenvalue weighted by Gasteiger charge is 2.56. The number of imide groups is 1. The van der Waals surface area contributed by atoms with Crippen LogP contribution in [-0.2, 0) is 20.2 Å². The fourth-order valence-electron chi connectivity index (χ4n) is 3.87. The minimum atomic E-state index is -3.63. The number of piperidine rings is 1. The van der Waals surface area contributed by atoms with Gasteiger partial charge in [-0.05, 0) is 36.0 Å². The molecular formula is C19H27N3O4S. The number of benzene rings is 1. The van der Waals surface area contributed by atoms with Crippen LogP contribution in [0, 0.1) is 0 Å². The summed E-state index contributed by atoms with van der Waals surface area (Å²) in [5, 5.41) is 0. The molecule has 0 bridgehead atoms. The van der Waals surface area contributed by atoms with Crippen molar-refractivity contribution in [3.05, 3.63) is 29.8 Å². The molecule has 1 aromatic rings. The van der Waals surface area contributed by atoms with Crippen LogP contribution in [0.5, 0.6) is 0 Å². The van der Waals surface area contributed by atoms with Crippen LogP contribution in [0.1, 0.15) is 39.2 Å². The molecule has 0 atom stereocenters. The Balaban J connectivity index is 1.79. The molecule has 0 unspecified atom stereocenters.